The summed E-state index contributed by atoms with van der Waals surface area (Å²) in [6.45, 7) is 7.06. The van der Waals surface area contributed by atoms with Gasteiger partial charge >= 0.3 is 0 Å². The zero-order chi connectivity index (χ0) is 11.3. The molecule has 15 heavy (non-hydrogen) atoms. The minimum Gasteiger partial charge on any atom is -0.396 e. The van der Waals surface area contributed by atoms with Crippen LogP contribution in [0.3, 0.4) is 0 Å². The maximum Gasteiger partial charge on any atom is 0.0842 e. The molecule has 0 aliphatic carbocycles. The maximum absolute atomic E-state index is 5.86. The van der Waals surface area contributed by atoms with Gasteiger partial charge in [0.25, 0.3) is 0 Å². The van der Waals surface area contributed by atoms with E-state index in [1.807, 2.05) is 17.7 Å². The first kappa shape index (κ1) is 11.6. The van der Waals surface area contributed by atoms with E-state index < -0.39 is 0 Å². The van der Waals surface area contributed by atoms with Crippen LogP contribution in [-0.2, 0) is 6.54 Å². The Hall–Kier alpha value is -1.51. The molecular weight excluding hydrogens is 186 g/mol. The number of rotatable bonds is 4. The fourth-order valence-corrected chi connectivity index (χ4v) is 1.48. The van der Waals surface area contributed by atoms with E-state index in [2.05, 4.69) is 31.1 Å². The van der Waals surface area contributed by atoms with Gasteiger partial charge in [-0.25, -0.2) is 0 Å². The first-order chi connectivity index (χ1) is 7.22. The SMILES string of the molecule is C/C=C\C(=C/c1c(N)cnn1CC)CC. The van der Waals surface area contributed by atoms with Crippen molar-refractivity contribution in [2.75, 3.05) is 5.73 Å². The lowest BCUT2D eigenvalue weighted by Crippen LogP contribution is -2.00. The lowest BCUT2D eigenvalue weighted by Gasteiger charge is -2.03. The van der Waals surface area contributed by atoms with Gasteiger partial charge in [-0.15, -0.1) is 0 Å². The van der Waals surface area contributed by atoms with E-state index in [4.69, 9.17) is 5.73 Å². The minimum atomic E-state index is 0.743. The number of aryl methyl sites for hydroxylation is 1. The van der Waals surface area contributed by atoms with Crippen LogP contribution < -0.4 is 5.73 Å². The van der Waals surface area contributed by atoms with Crippen molar-refractivity contribution in [2.24, 2.45) is 0 Å². The molecule has 1 aromatic heterocycles. The zero-order valence-corrected chi connectivity index (χ0v) is 9.70. The lowest BCUT2D eigenvalue weighted by atomic mass is 10.1. The summed E-state index contributed by atoms with van der Waals surface area (Å²) in [6.07, 6.45) is 8.95. The third-order valence-electron chi connectivity index (χ3n) is 2.32. The summed E-state index contributed by atoms with van der Waals surface area (Å²) >= 11 is 0. The topological polar surface area (TPSA) is 43.8 Å². The molecule has 82 valence electrons. The van der Waals surface area contributed by atoms with Gasteiger partial charge in [0, 0.05) is 6.54 Å². The van der Waals surface area contributed by atoms with E-state index in [0.29, 0.717) is 0 Å². The molecule has 0 fully saturated rings. The van der Waals surface area contributed by atoms with Crippen molar-refractivity contribution in [1.82, 2.24) is 9.78 Å². The second-order valence-electron chi connectivity index (χ2n) is 3.37. The molecule has 0 aliphatic rings. The minimum absolute atomic E-state index is 0.743. The Morgan fingerprint density at radius 3 is 2.80 bits per heavy atom. The highest BCUT2D eigenvalue weighted by Gasteiger charge is 2.04. The lowest BCUT2D eigenvalue weighted by molar-refractivity contribution is 0.654. The Morgan fingerprint density at radius 2 is 2.27 bits per heavy atom. The standard InChI is InChI=1S/C12H19N3/c1-4-7-10(5-2)8-12-11(13)9-14-15(12)6-3/h4,7-9H,5-6,13H2,1-3H3/b7-4-,10-8-. The summed E-state index contributed by atoms with van der Waals surface area (Å²) in [4.78, 5) is 0. The molecule has 0 amide bonds. The van der Waals surface area contributed by atoms with Crippen LogP contribution in [0.5, 0.6) is 0 Å². The number of nitrogens with two attached hydrogens (primary N) is 1. The molecule has 0 bridgehead atoms. The van der Waals surface area contributed by atoms with E-state index in [9.17, 15) is 0 Å². The van der Waals surface area contributed by atoms with Gasteiger partial charge in [0.15, 0.2) is 0 Å². The number of hydrogen-bond acceptors (Lipinski definition) is 2. The van der Waals surface area contributed by atoms with Crippen LogP contribution in [0, 0.1) is 0 Å². The number of aromatic nitrogens is 2. The second-order valence-corrected chi connectivity index (χ2v) is 3.37. The van der Waals surface area contributed by atoms with Crippen molar-refractivity contribution < 1.29 is 0 Å². The van der Waals surface area contributed by atoms with Gasteiger partial charge in [0.2, 0.25) is 0 Å². The fourth-order valence-electron chi connectivity index (χ4n) is 1.48. The molecule has 2 N–H and O–H groups in total. The summed E-state index contributed by atoms with van der Waals surface area (Å²) < 4.78 is 1.91. The summed E-state index contributed by atoms with van der Waals surface area (Å²) in [6, 6.07) is 0. The van der Waals surface area contributed by atoms with E-state index in [1.165, 1.54) is 5.57 Å². The van der Waals surface area contributed by atoms with Crippen LogP contribution in [0.1, 0.15) is 32.9 Å². The van der Waals surface area contributed by atoms with Gasteiger partial charge in [-0.2, -0.15) is 5.10 Å². The quantitative estimate of drug-likeness (QED) is 0.768. The van der Waals surface area contributed by atoms with E-state index >= 15 is 0 Å². The van der Waals surface area contributed by atoms with Crippen molar-refractivity contribution >= 4 is 11.8 Å². The average Bonchev–Trinajstić information content (AvgIpc) is 2.59. The first-order valence-electron chi connectivity index (χ1n) is 5.37. The molecule has 3 heteroatoms. The van der Waals surface area contributed by atoms with Crippen molar-refractivity contribution in [3.8, 4) is 0 Å². The van der Waals surface area contributed by atoms with Crippen molar-refractivity contribution in [3.05, 3.63) is 29.6 Å². The predicted octanol–water partition coefficient (Wildman–Crippen LogP) is 2.85. The molecule has 0 unspecified atom stereocenters. The smallest absolute Gasteiger partial charge is 0.0842 e. The van der Waals surface area contributed by atoms with E-state index in [-0.39, 0.29) is 0 Å². The van der Waals surface area contributed by atoms with Crippen LogP contribution in [-0.4, -0.2) is 9.78 Å². The number of anilines is 1. The molecule has 0 radical (unpaired) electrons. The van der Waals surface area contributed by atoms with Gasteiger partial charge < -0.3 is 5.73 Å². The highest BCUT2D eigenvalue weighted by molar-refractivity contribution is 5.64. The summed E-state index contributed by atoms with van der Waals surface area (Å²) in [7, 11) is 0. The van der Waals surface area contributed by atoms with Crippen molar-refractivity contribution in [2.45, 2.75) is 33.7 Å². The normalized spacial score (nSPS) is 12.6. The third kappa shape index (κ3) is 2.72. The number of hydrogen-bond donors (Lipinski definition) is 1. The number of nitrogens with zero attached hydrogens (tertiary/aromatic N) is 2. The van der Waals surface area contributed by atoms with Crippen LogP contribution in [0.15, 0.2) is 23.9 Å². The number of allylic oxidation sites excluding steroid dienone is 3. The van der Waals surface area contributed by atoms with Gasteiger partial charge in [0.05, 0.1) is 17.6 Å². The summed E-state index contributed by atoms with van der Waals surface area (Å²) in [5, 5.41) is 4.20. The fraction of sp³-hybridized carbons (Fsp3) is 0.417. The van der Waals surface area contributed by atoms with E-state index in [0.717, 1.165) is 24.3 Å². The van der Waals surface area contributed by atoms with Crippen molar-refractivity contribution in [1.29, 1.82) is 0 Å². The van der Waals surface area contributed by atoms with Crippen LogP contribution in [0.4, 0.5) is 5.69 Å². The molecule has 1 heterocycles. The Balaban J connectivity index is 3.09. The van der Waals surface area contributed by atoms with E-state index in [1.54, 1.807) is 6.20 Å². The summed E-state index contributed by atoms with van der Waals surface area (Å²) in [5.74, 6) is 0. The largest absolute Gasteiger partial charge is 0.396 e. The molecule has 3 nitrogen and oxygen atoms in total. The molecule has 1 aromatic rings. The van der Waals surface area contributed by atoms with Crippen LogP contribution in [0.25, 0.3) is 6.08 Å². The van der Waals surface area contributed by atoms with Crippen molar-refractivity contribution in [3.63, 3.8) is 0 Å². The van der Waals surface area contributed by atoms with Gasteiger partial charge in [-0.05, 0) is 31.9 Å². The molecule has 0 saturated carbocycles. The molecule has 1 rings (SSSR count). The Kier molecular flexibility index (Phi) is 4.16. The molecule has 0 aliphatic heterocycles. The van der Waals surface area contributed by atoms with Gasteiger partial charge in [0.1, 0.15) is 0 Å². The highest BCUT2D eigenvalue weighted by Crippen LogP contribution is 2.17. The monoisotopic (exact) mass is 205 g/mol. The Bertz CT molecular complexity index is 372. The molecule has 0 spiro atoms. The van der Waals surface area contributed by atoms with Gasteiger partial charge in [-0.3, -0.25) is 4.68 Å². The zero-order valence-electron chi connectivity index (χ0n) is 9.70. The maximum atomic E-state index is 5.86. The van der Waals surface area contributed by atoms with Crippen LogP contribution >= 0.6 is 0 Å². The number of nitrogen functional groups attached to an aromatic ring is 1. The highest BCUT2D eigenvalue weighted by atomic mass is 15.3. The molecular formula is C12H19N3. The van der Waals surface area contributed by atoms with Crippen LogP contribution in [0.2, 0.25) is 0 Å². The summed E-state index contributed by atoms with van der Waals surface area (Å²) in [5.41, 5.74) is 8.88. The molecule has 0 saturated heterocycles. The second kappa shape index (κ2) is 5.39. The Labute approximate surface area is 91.3 Å². The molecule has 0 atom stereocenters. The first-order valence-corrected chi connectivity index (χ1v) is 5.37. The van der Waals surface area contributed by atoms with Gasteiger partial charge in [-0.1, -0.05) is 19.1 Å². The molecule has 0 aromatic carbocycles. The Morgan fingerprint density at radius 1 is 1.53 bits per heavy atom. The predicted molar refractivity (Wildman–Crippen MR) is 65.4 cm³/mol. The third-order valence-corrected chi connectivity index (χ3v) is 2.32. The average molecular weight is 205 g/mol.